The maximum Gasteiger partial charge on any atom is 0.260 e. The summed E-state index contributed by atoms with van der Waals surface area (Å²) in [6.07, 6.45) is 5.42. The SMILES string of the molecule is Cc1nccc(N2CCC[C@@H]2c2ncc(C(N)=O)s2)n1. The number of nitrogens with zero attached hydrogens (tertiary/aromatic N) is 4. The van der Waals surface area contributed by atoms with Gasteiger partial charge in [0.1, 0.15) is 21.5 Å². The molecule has 20 heavy (non-hydrogen) atoms. The van der Waals surface area contributed by atoms with E-state index >= 15 is 0 Å². The van der Waals surface area contributed by atoms with Gasteiger partial charge in [0.2, 0.25) is 0 Å². The third-order valence-electron chi connectivity index (χ3n) is 3.36. The number of anilines is 1. The Kier molecular flexibility index (Phi) is 3.35. The largest absolute Gasteiger partial charge is 0.365 e. The summed E-state index contributed by atoms with van der Waals surface area (Å²) in [4.78, 5) is 26.9. The fraction of sp³-hybridized carbons (Fsp3) is 0.385. The number of rotatable bonds is 3. The van der Waals surface area contributed by atoms with E-state index in [0.29, 0.717) is 4.88 Å². The van der Waals surface area contributed by atoms with E-state index in [1.165, 1.54) is 11.3 Å². The number of nitrogens with two attached hydrogens (primary N) is 1. The van der Waals surface area contributed by atoms with Gasteiger partial charge in [-0.1, -0.05) is 0 Å². The predicted molar refractivity (Wildman–Crippen MR) is 76.7 cm³/mol. The third-order valence-corrected chi connectivity index (χ3v) is 4.47. The second-order valence-corrected chi connectivity index (χ2v) is 5.80. The topological polar surface area (TPSA) is 85.0 Å². The van der Waals surface area contributed by atoms with Crippen LogP contribution in [0.15, 0.2) is 18.5 Å². The molecule has 2 aromatic rings. The smallest absolute Gasteiger partial charge is 0.260 e. The normalized spacial score (nSPS) is 18.4. The van der Waals surface area contributed by atoms with Crippen molar-refractivity contribution in [2.24, 2.45) is 5.73 Å². The van der Waals surface area contributed by atoms with Gasteiger partial charge in [0.05, 0.1) is 12.2 Å². The van der Waals surface area contributed by atoms with Crippen LogP contribution in [0.3, 0.4) is 0 Å². The molecule has 0 aromatic carbocycles. The molecule has 0 unspecified atom stereocenters. The highest BCUT2D eigenvalue weighted by Gasteiger charge is 2.29. The first-order chi connectivity index (χ1) is 9.65. The molecule has 1 saturated heterocycles. The van der Waals surface area contributed by atoms with E-state index in [0.717, 1.165) is 36.0 Å². The summed E-state index contributed by atoms with van der Waals surface area (Å²) in [5.74, 6) is 1.25. The summed E-state index contributed by atoms with van der Waals surface area (Å²) in [7, 11) is 0. The van der Waals surface area contributed by atoms with Crippen LogP contribution in [0.25, 0.3) is 0 Å². The standard InChI is InChI=1S/C13H15N5OS/c1-8-15-5-4-11(17-8)18-6-2-3-9(18)13-16-7-10(20-13)12(14)19/h4-5,7,9H,2-3,6H2,1H3,(H2,14,19)/t9-/m1/s1. The lowest BCUT2D eigenvalue weighted by molar-refractivity contribution is 0.100. The summed E-state index contributed by atoms with van der Waals surface area (Å²) >= 11 is 1.37. The zero-order valence-electron chi connectivity index (χ0n) is 11.1. The minimum atomic E-state index is -0.420. The molecule has 0 saturated carbocycles. The van der Waals surface area contributed by atoms with Gasteiger partial charge in [-0.25, -0.2) is 15.0 Å². The fourth-order valence-corrected chi connectivity index (χ4v) is 3.37. The van der Waals surface area contributed by atoms with Crippen molar-refractivity contribution in [2.45, 2.75) is 25.8 Å². The summed E-state index contributed by atoms with van der Waals surface area (Å²) in [5.41, 5.74) is 5.29. The number of carbonyl (C=O) groups excluding carboxylic acids is 1. The van der Waals surface area contributed by atoms with Crippen molar-refractivity contribution in [3.05, 3.63) is 34.2 Å². The first-order valence-electron chi connectivity index (χ1n) is 6.47. The molecule has 1 atom stereocenters. The van der Waals surface area contributed by atoms with Gasteiger partial charge in [-0.15, -0.1) is 11.3 Å². The van der Waals surface area contributed by atoms with Gasteiger partial charge in [0, 0.05) is 12.7 Å². The molecule has 1 fully saturated rings. The van der Waals surface area contributed by atoms with Crippen molar-refractivity contribution in [2.75, 3.05) is 11.4 Å². The number of amides is 1. The third kappa shape index (κ3) is 2.36. The van der Waals surface area contributed by atoms with E-state index in [9.17, 15) is 4.79 Å². The first-order valence-corrected chi connectivity index (χ1v) is 7.28. The molecular formula is C13H15N5OS. The van der Waals surface area contributed by atoms with Gasteiger partial charge in [-0.2, -0.15) is 0 Å². The Morgan fingerprint density at radius 1 is 1.50 bits per heavy atom. The predicted octanol–water partition coefficient (Wildman–Crippen LogP) is 1.68. The molecule has 6 nitrogen and oxygen atoms in total. The Bertz CT molecular complexity index is 641. The van der Waals surface area contributed by atoms with Gasteiger partial charge >= 0.3 is 0 Å². The Balaban J connectivity index is 1.90. The number of hydrogen-bond donors (Lipinski definition) is 1. The fourth-order valence-electron chi connectivity index (χ4n) is 2.46. The highest BCUT2D eigenvalue weighted by atomic mass is 32.1. The molecule has 1 amide bonds. The van der Waals surface area contributed by atoms with E-state index in [1.807, 2.05) is 13.0 Å². The zero-order chi connectivity index (χ0) is 14.1. The van der Waals surface area contributed by atoms with E-state index in [4.69, 9.17) is 5.73 Å². The van der Waals surface area contributed by atoms with Crippen LogP contribution in [0.1, 0.15) is 39.4 Å². The van der Waals surface area contributed by atoms with E-state index in [-0.39, 0.29) is 6.04 Å². The molecule has 104 valence electrons. The van der Waals surface area contributed by atoms with Crippen LogP contribution >= 0.6 is 11.3 Å². The lowest BCUT2D eigenvalue weighted by atomic mass is 10.2. The maximum atomic E-state index is 11.2. The minimum Gasteiger partial charge on any atom is -0.365 e. The molecular weight excluding hydrogens is 274 g/mol. The zero-order valence-corrected chi connectivity index (χ0v) is 11.9. The Morgan fingerprint density at radius 3 is 3.05 bits per heavy atom. The summed E-state index contributed by atoms with van der Waals surface area (Å²) in [5, 5.41) is 0.924. The Labute approximate surface area is 120 Å². The monoisotopic (exact) mass is 289 g/mol. The van der Waals surface area contributed by atoms with Crippen molar-refractivity contribution in [1.29, 1.82) is 0 Å². The van der Waals surface area contributed by atoms with Gasteiger partial charge in [0.25, 0.3) is 5.91 Å². The van der Waals surface area contributed by atoms with Crippen LogP contribution in [0.2, 0.25) is 0 Å². The number of aromatic nitrogens is 3. The van der Waals surface area contributed by atoms with E-state index in [2.05, 4.69) is 19.9 Å². The lowest BCUT2D eigenvalue weighted by Crippen LogP contribution is -2.23. The van der Waals surface area contributed by atoms with Crippen molar-refractivity contribution in [1.82, 2.24) is 15.0 Å². The molecule has 1 aliphatic heterocycles. The van der Waals surface area contributed by atoms with Crippen LogP contribution in [0.4, 0.5) is 5.82 Å². The number of aryl methyl sites for hydroxylation is 1. The molecule has 0 bridgehead atoms. The van der Waals surface area contributed by atoms with Crippen molar-refractivity contribution in [3.63, 3.8) is 0 Å². The van der Waals surface area contributed by atoms with Gasteiger partial charge in [-0.05, 0) is 25.8 Å². The van der Waals surface area contributed by atoms with E-state index in [1.54, 1.807) is 12.4 Å². The molecule has 3 rings (SSSR count). The average molecular weight is 289 g/mol. The van der Waals surface area contributed by atoms with Gasteiger partial charge < -0.3 is 10.6 Å². The Hall–Kier alpha value is -2.02. The number of carbonyl (C=O) groups is 1. The maximum absolute atomic E-state index is 11.2. The summed E-state index contributed by atoms with van der Waals surface area (Å²) in [6.45, 7) is 2.82. The molecule has 7 heteroatoms. The van der Waals surface area contributed by atoms with Crippen LogP contribution in [-0.2, 0) is 0 Å². The molecule has 1 aliphatic rings. The van der Waals surface area contributed by atoms with Crippen molar-refractivity contribution in [3.8, 4) is 0 Å². The van der Waals surface area contributed by atoms with Crippen molar-refractivity contribution >= 4 is 23.1 Å². The Morgan fingerprint density at radius 2 is 2.35 bits per heavy atom. The molecule has 0 aliphatic carbocycles. The summed E-state index contributed by atoms with van der Waals surface area (Å²) in [6, 6.07) is 2.08. The van der Waals surface area contributed by atoms with Crippen LogP contribution < -0.4 is 10.6 Å². The van der Waals surface area contributed by atoms with Crippen molar-refractivity contribution < 1.29 is 4.79 Å². The minimum absolute atomic E-state index is 0.169. The van der Waals surface area contributed by atoms with Crippen LogP contribution in [-0.4, -0.2) is 27.4 Å². The average Bonchev–Trinajstić information content (AvgIpc) is 3.07. The highest BCUT2D eigenvalue weighted by molar-refractivity contribution is 7.13. The number of hydrogen-bond acceptors (Lipinski definition) is 6. The highest BCUT2D eigenvalue weighted by Crippen LogP contribution is 2.36. The second kappa shape index (κ2) is 5.16. The second-order valence-electron chi connectivity index (χ2n) is 4.74. The van der Waals surface area contributed by atoms with Gasteiger partial charge in [-0.3, -0.25) is 4.79 Å². The van der Waals surface area contributed by atoms with Gasteiger partial charge in [0.15, 0.2) is 0 Å². The van der Waals surface area contributed by atoms with E-state index < -0.39 is 5.91 Å². The van der Waals surface area contributed by atoms with Crippen LogP contribution in [0, 0.1) is 6.92 Å². The molecule has 0 spiro atoms. The quantitative estimate of drug-likeness (QED) is 0.929. The molecule has 2 aromatic heterocycles. The number of primary amides is 1. The molecule has 2 N–H and O–H groups in total. The lowest BCUT2D eigenvalue weighted by Gasteiger charge is -2.24. The number of thiazole rings is 1. The van der Waals surface area contributed by atoms with Crippen LogP contribution in [0.5, 0.6) is 0 Å². The molecule has 0 radical (unpaired) electrons. The molecule has 3 heterocycles. The summed E-state index contributed by atoms with van der Waals surface area (Å²) < 4.78 is 0. The first kappa shape index (κ1) is 13.0.